The number of imidazole rings is 1. The number of rotatable bonds is 4. The summed E-state index contributed by atoms with van der Waals surface area (Å²) in [5.41, 5.74) is 2.07. The van der Waals surface area contributed by atoms with Crippen LogP contribution in [0.1, 0.15) is 23.0 Å². The lowest BCUT2D eigenvalue weighted by molar-refractivity contribution is 0.0691. The second-order valence-corrected chi connectivity index (χ2v) is 4.40. The number of H-pyrrole nitrogens is 1. The summed E-state index contributed by atoms with van der Waals surface area (Å²) >= 11 is 0. The molecule has 0 unspecified atom stereocenters. The van der Waals surface area contributed by atoms with Gasteiger partial charge in [-0.2, -0.15) is 4.98 Å². The summed E-state index contributed by atoms with van der Waals surface area (Å²) < 4.78 is 5.12. The Balaban J connectivity index is 1.95. The lowest BCUT2D eigenvalue weighted by atomic mass is 10.1. The van der Waals surface area contributed by atoms with Crippen molar-refractivity contribution < 1.29 is 14.4 Å². The molecule has 0 amide bonds. The van der Waals surface area contributed by atoms with Crippen LogP contribution in [0.3, 0.4) is 0 Å². The van der Waals surface area contributed by atoms with Crippen LogP contribution in [0.15, 0.2) is 35.1 Å². The molecule has 0 aliphatic heterocycles. The molecule has 7 heteroatoms. The molecule has 0 aliphatic rings. The highest BCUT2D eigenvalue weighted by Crippen LogP contribution is 2.23. The van der Waals surface area contributed by atoms with Crippen LogP contribution in [-0.4, -0.2) is 31.2 Å². The van der Waals surface area contributed by atoms with Crippen molar-refractivity contribution in [3.05, 3.63) is 41.9 Å². The fourth-order valence-electron chi connectivity index (χ4n) is 1.95. The van der Waals surface area contributed by atoms with E-state index in [2.05, 4.69) is 27.0 Å². The Labute approximate surface area is 119 Å². The van der Waals surface area contributed by atoms with Gasteiger partial charge in [0.2, 0.25) is 5.82 Å². The van der Waals surface area contributed by atoms with Gasteiger partial charge in [0, 0.05) is 5.56 Å². The van der Waals surface area contributed by atoms with Crippen LogP contribution in [0.5, 0.6) is 0 Å². The third-order valence-corrected chi connectivity index (χ3v) is 3.10. The minimum atomic E-state index is -1.15. The molecule has 0 saturated heterocycles. The minimum absolute atomic E-state index is 0.0967. The summed E-state index contributed by atoms with van der Waals surface area (Å²) in [6.45, 7) is 2.08. The van der Waals surface area contributed by atoms with Crippen LogP contribution >= 0.6 is 0 Å². The highest BCUT2D eigenvalue weighted by atomic mass is 16.5. The zero-order valence-corrected chi connectivity index (χ0v) is 11.2. The zero-order chi connectivity index (χ0) is 14.8. The van der Waals surface area contributed by atoms with Gasteiger partial charge in [-0.25, -0.2) is 9.78 Å². The van der Waals surface area contributed by atoms with E-state index in [0.29, 0.717) is 5.82 Å². The summed E-state index contributed by atoms with van der Waals surface area (Å²) in [6, 6.07) is 7.78. The molecule has 0 aliphatic carbocycles. The number of aromatic nitrogens is 4. The van der Waals surface area contributed by atoms with Crippen molar-refractivity contribution in [2.45, 2.75) is 13.3 Å². The molecule has 0 saturated carbocycles. The number of nitrogens with zero attached hydrogens (tertiary/aromatic N) is 3. The van der Waals surface area contributed by atoms with Gasteiger partial charge in [-0.05, 0) is 12.0 Å². The van der Waals surface area contributed by atoms with Crippen molar-refractivity contribution in [2.75, 3.05) is 0 Å². The topological polar surface area (TPSA) is 105 Å². The van der Waals surface area contributed by atoms with E-state index in [9.17, 15) is 4.79 Å². The van der Waals surface area contributed by atoms with E-state index in [1.165, 1.54) is 11.9 Å². The maximum Gasteiger partial charge on any atom is 0.356 e. The summed E-state index contributed by atoms with van der Waals surface area (Å²) in [4.78, 5) is 21.7. The fourth-order valence-corrected chi connectivity index (χ4v) is 1.95. The van der Waals surface area contributed by atoms with Gasteiger partial charge in [0.1, 0.15) is 5.69 Å². The van der Waals surface area contributed by atoms with E-state index in [0.717, 1.165) is 12.0 Å². The number of carboxylic acid groups (broad SMARTS) is 1. The highest BCUT2D eigenvalue weighted by molar-refractivity contribution is 5.91. The number of benzene rings is 1. The molecule has 0 radical (unpaired) electrons. The van der Waals surface area contributed by atoms with Crippen LogP contribution in [0, 0.1) is 0 Å². The van der Waals surface area contributed by atoms with E-state index < -0.39 is 5.97 Å². The molecule has 3 rings (SSSR count). The Morgan fingerprint density at radius 2 is 2.10 bits per heavy atom. The molecule has 7 nitrogen and oxygen atoms in total. The molecular formula is C14H12N4O3. The molecule has 21 heavy (non-hydrogen) atoms. The summed E-state index contributed by atoms with van der Waals surface area (Å²) in [6.07, 6.45) is 2.23. The van der Waals surface area contributed by atoms with Gasteiger partial charge in [0.25, 0.3) is 5.89 Å². The highest BCUT2D eigenvalue weighted by Gasteiger charge is 2.20. The lowest BCUT2D eigenvalue weighted by Gasteiger charge is -1.97. The Morgan fingerprint density at radius 3 is 2.76 bits per heavy atom. The van der Waals surface area contributed by atoms with Crippen molar-refractivity contribution in [1.29, 1.82) is 0 Å². The third kappa shape index (κ3) is 2.40. The summed E-state index contributed by atoms with van der Waals surface area (Å²) in [5, 5.41) is 12.9. The summed E-state index contributed by atoms with van der Waals surface area (Å²) in [5.74, 6) is -0.656. The first-order valence-electron chi connectivity index (χ1n) is 6.39. The molecule has 1 aromatic carbocycles. The Bertz CT molecular complexity index is 774. The van der Waals surface area contributed by atoms with Crippen LogP contribution < -0.4 is 0 Å². The SMILES string of the molecule is CCc1ccc(-c2noc(-c3[nH]cnc3C(=O)O)n2)cc1. The van der Waals surface area contributed by atoms with Gasteiger partial charge < -0.3 is 14.6 Å². The number of aryl methyl sites for hydroxylation is 1. The maximum absolute atomic E-state index is 11.0. The first-order valence-corrected chi connectivity index (χ1v) is 6.39. The molecule has 2 aromatic heterocycles. The van der Waals surface area contributed by atoms with Crippen LogP contribution in [-0.2, 0) is 6.42 Å². The van der Waals surface area contributed by atoms with E-state index in [1.807, 2.05) is 24.3 Å². The normalized spacial score (nSPS) is 10.7. The lowest BCUT2D eigenvalue weighted by Crippen LogP contribution is -1.99. The molecule has 106 valence electrons. The predicted molar refractivity (Wildman–Crippen MR) is 73.7 cm³/mol. The number of hydrogen-bond acceptors (Lipinski definition) is 5. The molecule has 0 spiro atoms. The standard InChI is InChI=1S/C14H12N4O3/c1-2-8-3-5-9(6-4-8)12-17-13(21-18-12)10-11(14(19)20)16-7-15-10/h3-7H,2H2,1H3,(H,15,16)(H,19,20). The summed E-state index contributed by atoms with van der Waals surface area (Å²) in [7, 11) is 0. The third-order valence-electron chi connectivity index (χ3n) is 3.10. The predicted octanol–water partition coefficient (Wildman–Crippen LogP) is 2.39. The fraction of sp³-hybridized carbons (Fsp3) is 0.143. The Hall–Kier alpha value is -2.96. The van der Waals surface area contributed by atoms with Crippen molar-refractivity contribution in [3.8, 4) is 23.0 Å². The molecule has 0 fully saturated rings. The van der Waals surface area contributed by atoms with Gasteiger partial charge in [-0.15, -0.1) is 0 Å². The average molecular weight is 284 g/mol. The number of carbonyl (C=O) groups is 1. The minimum Gasteiger partial charge on any atom is -0.476 e. The number of aromatic amines is 1. The van der Waals surface area contributed by atoms with Gasteiger partial charge in [-0.1, -0.05) is 36.3 Å². The Kier molecular flexibility index (Phi) is 3.23. The maximum atomic E-state index is 11.0. The quantitative estimate of drug-likeness (QED) is 0.762. The van der Waals surface area contributed by atoms with E-state index in [4.69, 9.17) is 9.63 Å². The monoisotopic (exact) mass is 284 g/mol. The largest absolute Gasteiger partial charge is 0.476 e. The number of aromatic carboxylic acids is 1. The number of hydrogen-bond donors (Lipinski definition) is 2. The van der Waals surface area contributed by atoms with E-state index in [-0.39, 0.29) is 17.3 Å². The van der Waals surface area contributed by atoms with Crippen molar-refractivity contribution in [2.24, 2.45) is 0 Å². The molecule has 2 N–H and O–H groups in total. The van der Waals surface area contributed by atoms with Gasteiger partial charge in [-0.3, -0.25) is 0 Å². The van der Waals surface area contributed by atoms with E-state index >= 15 is 0 Å². The number of carboxylic acids is 1. The van der Waals surface area contributed by atoms with Crippen molar-refractivity contribution >= 4 is 5.97 Å². The first-order chi connectivity index (χ1) is 10.2. The average Bonchev–Trinajstić information content (AvgIpc) is 3.16. The van der Waals surface area contributed by atoms with Crippen LogP contribution in [0.4, 0.5) is 0 Å². The second kappa shape index (κ2) is 5.20. The molecule has 2 heterocycles. The van der Waals surface area contributed by atoms with Gasteiger partial charge in [0.05, 0.1) is 6.33 Å². The smallest absolute Gasteiger partial charge is 0.356 e. The van der Waals surface area contributed by atoms with Crippen LogP contribution in [0.25, 0.3) is 23.0 Å². The zero-order valence-electron chi connectivity index (χ0n) is 11.2. The first kappa shape index (κ1) is 13.0. The van der Waals surface area contributed by atoms with Crippen molar-refractivity contribution in [3.63, 3.8) is 0 Å². The number of nitrogens with one attached hydrogen (secondary N) is 1. The second-order valence-electron chi connectivity index (χ2n) is 4.40. The van der Waals surface area contributed by atoms with Crippen LogP contribution in [0.2, 0.25) is 0 Å². The van der Waals surface area contributed by atoms with Gasteiger partial charge in [0.15, 0.2) is 5.69 Å². The van der Waals surface area contributed by atoms with Crippen molar-refractivity contribution in [1.82, 2.24) is 20.1 Å². The molecule has 0 atom stereocenters. The Morgan fingerprint density at radius 1 is 1.33 bits per heavy atom. The van der Waals surface area contributed by atoms with E-state index in [1.54, 1.807) is 0 Å². The molecule has 3 aromatic rings. The molecule has 0 bridgehead atoms. The molecular weight excluding hydrogens is 272 g/mol. The van der Waals surface area contributed by atoms with Gasteiger partial charge >= 0.3 is 5.97 Å².